The summed E-state index contributed by atoms with van der Waals surface area (Å²) in [4.78, 5) is 3.37. The molecule has 3 N–H and O–H groups in total. The highest BCUT2D eigenvalue weighted by atomic mass is 19.1. The lowest BCUT2D eigenvalue weighted by Gasteiger charge is -2.06. The quantitative estimate of drug-likeness (QED) is 0.602. The van der Waals surface area contributed by atoms with Crippen LogP contribution in [-0.2, 0) is 0 Å². The van der Waals surface area contributed by atoms with Gasteiger partial charge in [-0.2, -0.15) is 4.39 Å². The zero-order valence-corrected chi connectivity index (χ0v) is 5.87. The highest BCUT2D eigenvalue weighted by Gasteiger charge is 2.09. The summed E-state index contributed by atoms with van der Waals surface area (Å²) < 4.78 is 12.7. The van der Waals surface area contributed by atoms with E-state index in [0.717, 1.165) is 0 Å². The van der Waals surface area contributed by atoms with E-state index in [4.69, 9.17) is 10.8 Å². The van der Waals surface area contributed by atoms with Crippen molar-refractivity contribution < 1.29 is 9.50 Å². The van der Waals surface area contributed by atoms with Crippen LogP contribution in [0.25, 0.3) is 0 Å². The Labute approximate surface area is 63.7 Å². The molecule has 0 aliphatic rings. The molecule has 0 saturated heterocycles. The van der Waals surface area contributed by atoms with Crippen LogP contribution in [0.2, 0.25) is 0 Å². The largest absolute Gasteiger partial charge is 0.387 e. The van der Waals surface area contributed by atoms with Gasteiger partial charge in [0.1, 0.15) is 0 Å². The van der Waals surface area contributed by atoms with Gasteiger partial charge in [0.2, 0.25) is 5.95 Å². The van der Waals surface area contributed by atoms with E-state index in [-0.39, 0.29) is 12.1 Å². The second-order valence-electron chi connectivity index (χ2n) is 2.13. The second kappa shape index (κ2) is 3.41. The zero-order valence-electron chi connectivity index (χ0n) is 5.87. The SMILES string of the molecule is NCC(O)c1cccnc1F. The highest BCUT2D eigenvalue weighted by molar-refractivity contribution is 5.13. The van der Waals surface area contributed by atoms with Gasteiger partial charge < -0.3 is 10.8 Å². The third-order valence-electron chi connectivity index (χ3n) is 1.37. The molecule has 1 atom stereocenters. The molecular weight excluding hydrogens is 147 g/mol. The number of rotatable bonds is 2. The van der Waals surface area contributed by atoms with Crippen LogP contribution in [0.5, 0.6) is 0 Å². The molecule has 0 saturated carbocycles. The molecule has 0 aromatic carbocycles. The molecule has 1 aromatic rings. The van der Waals surface area contributed by atoms with Crippen molar-refractivity contribution >= 4 is 0 Å². The van der Waals surface area contributed by atoms with E-state index in [9.17, 15) is 4.39 Å². The van der Waals surface area contributed by atoms with Gasteiger partial charge in [0.15, 0.2) is 0 Å². The van der Waals surface area contributed by atoms with Gasteiger partial charge in [-0.05, 0) is 6.07 Å². The van der Waals surface area contributed by atoms with Crippen molar-refractivity contribution in [3.8, 4) is 0 Å². The van der Waals surface area contributed by atoms with Crippen molar-refractivity contribution in [2.45, 2.75) is 6.10 Å². The third-order valence-corrected chi connectivity index (χ3v) is 1.37. The fourth-order valence-corrected chi connectivity index (χ4v) is 0.774. The number of aliphatic hydroxyl groups is 1. The summed E-state index contributed by atoms with van der Waals surface area (Å²) in [5, 5.41) is 9.11. The molecule has 0 amide bonds. The lowest BCUT2D eigenvalue weighted by molar-refractivity contribution is 0.180. The predicted molar refractivity (Wildman–Crippen MR) is 38.2 cm³/mol. The Kier molecular flexibility index (Phi) is 2.51. The molecule has 0 bridgehead atoms. The van der Waals surface area contributed by atoms with Crippen LogP contribution >= 0.6 is 0 Å². The number of hydrogen-bond donors (Lipinski definition) is 2. The molecule has 4 heteroatoms. The van der Waals surface area contributed by atoms with Gasteiger partial charge in [-0.15, -0.1) is 0 Å². The van der Waals surface area contributed by atoms with Crippen molar-refractivity contribution in [2.75, 3.05) is 6.54 Å². The molecule has 0 aliphatic heterocycles. The van der Waals surface area contributed by atoms with Crippen molar-refractivity contribution in [1.82, 2.24) is 4.98 Å². The van der Waals surface area contributed by atoms with E-state index in [1.54, 1.807) is 6.07 Å². The van der Waals surface area contributed by atoms with Gasteiger partial charge >= 0.3 is 0 Å². The second-order valence-corrected chi connectivity index (χ2v) is 2.13. The monoisotopic (exact) mass is 156 g/mol. The Balaban J connectivity index is 2.93. The summed E-state index contributed by atoms with van der Waals surface area (Å²) in [5.41, 5.74) is 5.28. The predicted octanol–water partition coefficient (Wildman–Crippen LogP) is 0.213. The van der Waals surface area contributed by atoms with Crippen LogP contribution in [-0.4, -0.2) is 16.6 Å². The van der Waals surface area contributed by atoms with Crippen molar-refractivity contribution in [3.05, 3.63) is 29.8 Å². The number of aromatic nitrogens is 1. The summed E-state index contributed by atoms with van der Waals surface area (Å²) in [6.07, 6.45) is 0.367. The molecule has 1 heterocycles. The Morgan fingerprint density at radius 2 is 2.45 bits per heavy atom. The minimum absolute atomic E-state index is 0.00259. The van der Waals surface area contributed by atoms with E-state index in [2.05, 4.69) is 4.98 Å². The fourth-order valence-electron chi connectivity index (χ4n) is 0.774. The van der Waals surface area contributed by atoms with Crippen molar-refractivity contribution in [2.24, 2.45) is 5.73 Å². The van der Waals surface area contributed by atoms with Gasteiger partial charge in [-0.25, -0.2) is 4.98 Å². The number of nitrogens with two attached hydrogens (primary N) is 1. The number of hydrogen-bond acceptors (Lipinski definition) is 3. The molecule has 60 valence electrons. The Hall–Kier alpha value is -1.00. The molecule has 0 aliphatic carbocycles. The van der Waals surface area contributed by atoms with Crippen molar-refractivity contribution in [1.29, 1.82) is 0 Å². The Morgan fingerprint density at radius 3 is 3.00 bits per heavy atom. The summed E-state index contributed by atoms with van der Waals surface area (Å²) in [6, 6.07) is 3.01. The average molecular weight is 156 g/mol. The third kappa shape index (κ3) is 1.72. The standard InChI is InChI=1S/C7H9FN2O/c8-7-5(6(11)4-9)2-1-3-10-7/h1-3,6,11H,4,9H2. The molecular formula is C7H9FN2O. The Morgan fingerprint density at radius 1 is 1.73 bits per heavy atom. The zero-order chi connectivity index (χ0) is 8.27. The fraction of sp³-hybridized carbons (Fsp3) is 0.286. The maximum atomic E-state index is 12.7. The average Bonchev–Trinajstić information content (AvgIpc) is 2.04. The summed E-state index contributed by atoms with van der Waals surface area (Å²) in [5.74, 6) is -0.662. The highest BCUT2D eigenvalue weighted by Crippen LogP contribution is 2.12. The maximum Gasteiger partial charge on any atom is 0.218 e. The van der Waals surface area contributed by atoms with Crippen LogP contribution in [0.1, 0.15) is 11.7 Å². The Bertz CT molecular complexity index is 242. The summed E-state index contributed by atoms with van der Waals surface area (Å²) in [6.45, 7) is 0.00259. The van der Waals surface area contributed by atoms with Gasteiger partial charge in [0, 0.05) is 18.3 Å². The normalized spacial score (nSPS) is 13.0. The van der Waals surface area contributed by atoms with Gasteiger partial charge in [0.25, 0.3) is 0 Å². The molecule has 0 radical (unpaired) electrons. The number of pyridine rings is 1. The van der Waals surface area contributed by atoms with E-state index >= 15 is 0 Å². The van der Waals surface area contributed by atoms with E-state index in [1.165, 1.54) is 12.3 Å². The van der Waals surface area contributed by atoms with Crippen LogP contribution in [0.15, 0.2) is 18.3 Å². The minimum Gasteiger partial charge on any atom is -0.387 e. The molecule has 11 heavy (non-hydrogen) atoms. The summed E-state index contributed by atoms with van der Waals surface area (Å²) in [7, 11) is 0. The molecule has 0 fully saturated rings. The molecule has 3 nitrogen and oxygen atoms in total. The first-order valence-corrected chi connectivity index (χ1v) is 3.24. The topological polar surface area (TPSA) is 59.1 Å². The number of nitrogens with zero attached hydrogens (tertiary/aromatic N) is 1. The van der Waals surface area contributed by atoms with E-state index < -0.39 is 12.1 Å². The lowest BCUT2D eigenvalue weighted by Crippen LogP contribution is -2.13. The van der Waals surface area contributed by atoms with Gasteiger partial charge in [0.05, 0.1) is 6.10 Å². The molecule has 1 rings (SSSR count). The van der Waals surface area contributed by atoms with Crippen LogP contribution < -0.4 is 5.73 Å². The molecule has 1 aromatic heterocycles. The minimum atomic E-state index is -0.955. The van der Waals surface area contributed by atoms with E-state index in [1.807, 2.05) is 0 Å². The smallest absolute Gasteiger partial charge is 0.218 e. The van der Waals surface area contributed by atoms with Crippen molar-refractivity contribution in [3.63, 3.8) is 0 Å². The number of halogens is 1. The first-order valence-electron chi connectivity index (χ1n) is 3.24. The molecule has 0 spiro atoms. The van der Waals surface area contributed by atoms with Crippen LogP contribution in [0.3, 0.4) is 0 Å². The maximum absolute atomic E-state index is 12.7. The van der Waals surface area contributed by atoms with Crippen LogP contribution in [0.4, 0.5) is 4.39 Å². The molecule has 1 unspecified atom stereocenters. The van der Waals surface area contributed by atoms with Gasteiger partial charge in [-0.1, -0.05) is 6.07 Å². The first-order chi connectivity index (χ1) is 5.25. The van der Waals surface area contributed by atoms with Crippen LogP contribution in [0, 0.1) is 5.95 Å². The van der Waals surface area contributed by atoms with Gasteiger partial charge in [-0.3, -0.25) is 0 Å². The van der Waals surface area contributed by atoms with E-state index in [0.29, 0.717) is 0 Å². The number of aliphatic hydroxyl groups excluding tert-OH is 1. The summed E-state index contributed by atoms with van der Waals surface area (Å²) >= 11 is 0. The lowest BCUT2D eigenvalue weighted by atomic mass is 10.1. The first kappa shape index (κ1) is 8.10.